The Bertz CT molecular complexity index is 1300. The van der Waals surface area contributed by atoms with E-state index in [1.165, 1.54) is 12.7 Å². The van der Waals surface area contributed by atoms with Gasteiger partial charge in [0.25, 0.3) is 5.91 Å². The standard InChI is InChI=1S/C25H22Cl2N2O3/c1-4-14(2)15-6-10-23-21(12-15)29-25(32-23)17-5-8-18(26)20(13-17)28-24(30)16-7-9-22(31-3)19(27)11-16/h5-14H,4H2,1-3H3,(H,28,30). The first-order valence-electron chi connectivity index (χ1n) is 10.2. The van der Waals surface area contributed by atoms with Gasteiger partial charge in [0, 0.05) is 11.1 Å². The number of halogens is 2. The van der Waals surface area contributed by atoms with Crippen LogP contribution >= 0.6 is 23.2 Å². The van der Waals surface area contributed by atoms with Gasteiger partial charge in [-0.05, 0) is 66.4 Å². The van der Waals surface area contributed by atoms with Crippen LogP contribution in [0.15, 0.2) is 59.0 Å². The zero-order valence-electron chi connectivity index (χ0n) is 17.9. The minimum absolute atomic E-state index is 0.343. The molecule has 1 N–H and O–H groups in total. The molecular weight excluding hydrogens is 447 g/mol. The molecule has 0 fully saturated rings. The van der Waals surface area contributed by atoms with Crippen LogP contribution in [0, 0.1) is 0 Å². The highest BCUT2D eigenvalue weighted by molar-refractivity contribution is 6.34. The number of nitrogens with one attached hydrogen (secondary N) is 1. The van der Waals surface area contributed by atoms with Crippen molar-refractivity contribution >= 4 is 45.9 Å². The van der Waals surface area contributed by atoms with E-state index in [0.717, 1.165) is 11.9 Å². The maximum Gasteiger partial charge on any atom is 0.255 e. The van der Waals surface area contributed by atoms with Crippen molar-refractivity contribution in [2.75, 3.05) is 12.4 Å². The van der Waals surface area contributed by atoms with Gasteiger partial charge in [-0.3, -0.25) is 4.79 Å². The number of carbonyl (C=O) groups is 1. The molecule has 0 aliphatic rings. The van der Waals surface area contributed by atoms with E-state index in [9.17, 15) is 4.79 Å². The first kappa shape index (κ1) is 22.2. The number of ether oxygens (including phenoxy) is 1. The topological polar surface area (TPSA) is 64.4 Å². The van der Waals surface area contributed by atoms with E-state index >= 15 is 0 Å². The largest absolute Gasteiger partial charge is 0.495 e. The van der Waals surface area contributed by atoms with Crippen molar-refractivity contribution in [2.24, 2.45) is 0 Å². The molecule has 4 aromatic rings. The van der Waals surface area contributed by atoms with Gasteiger partial charge in [0.15, 0.2) is 5.58 Å². The Hall–Kier alpha value is -3.02. The number of carbonyl (C=O) groups excluding carboxylic acids is 1. The van der Waals surface area contributed by atoms with Crippen LogP contribution in [0.4, 0.5) is 5.69 Å². The maximum absolute atomic E-state index is 12.7. The van der Waals surface area contributed by atoms with Crippen molar-refractivity contribution in [3.63, 3.8) is 0 Å². The van der Waals surface area contributed by atoms with E-state index in [2.05, 4.69) is 36.3 Å². The van der Waals surface area contributed by atoms with E-state index in [0.29, 0.717) is 50.0 Å². The van der Waals surface area contributed by atoms with Gasteiger partial charge in [0.05, 0.1) is 22.8 Å². The molecular formula is C25H22Cl2N2O3. The molecule has 1 unspecified atom stereocenters. The lowest BCUT2D eigenvalue weighted by molar-refractivity contribution is 0.102. The second kappa shape index (κ2) is 9.23. The SMILES string of the molecule is CCC(C)c1ccc2oc(-c3ccc(Cl)c(NC(=O)c4ccc(OC)c(Cl)c4)c3)nc2c1. The number of fused-ring (bicyclic) bond motifs is 1. The van der Waals surface area contributed by atoms with Gasteiger partial charge in [-0.1, -0.05) is 43.1 Å². The fourth-order valence-electron chi connectivity index (χ4n) is 3.37. The molecule has 0 bridgehead atoms. The fourth-order valence-corrected chi connectivity index (χ4v) is 3.79. The van der Waals surface area contributed by atoms with Crippen LogP contribution in [0.5, 0.6) is 5.75 Å². The average Bonchev–Trinajstić information content (AvgIpc) is 3.23. The molecule has 4 rings (SSSR count). The third-order valence-corrected chi connectivity index (χ3v) is 6.09. The molecule has 0 aliphatic heterocycles. The number of amides is 1. The lowest BCUT2D eigenvalue weighted by Crippen LogP contribution is -2.12. The summed E-state index contributed by atoms with van der Waals surface area (Å²) in [5.74, 6) is 1.06. The van der Waals surface area contributed by atoms with Gasteiger partial charge in [-0.15, -0.1) is 0 Å². The van der Waals surface area contributed by atoms with Crippen LogP contribution in [0.25, 0.3) is 22.6 Å². The van der Waals surface area contributed by atoms with Crippen molar-refractivity contribution in [2.45, 2.75) is 26.2 Å². The van der Waals surface area contributed by atoms with Gasteiger partial charge in [-0.25, -0.2) is 4.98 Å². The highest BCUT2D eigenvalue weighted by atomic mass is 35.5. The predicted molar refractivity (Wildman–Crippen MR) is 129 cm³/mol. The normalized spacial score (nSPS) is 12.0. The van der Waals surface area contributed by atoms with E-state index in [1.807, 2.05) is 12.1 Å². The van der Waals surface area contributed by atoms with Crippen LogP contribution in [-0.4, -0.2) is 18.0 Å². The van der Waals surface area contributed by atoms with Crippen molar-refractivity contribution in [3.05, 3.63) is 75.8 Å². The molecule has 1 amide bonds. The molecule has 0 saturated heterocycles. The number of hydrogen-bond donors (Lipinski definition) is 1. The van der Waals surface area contributed by atoms with E-state index in [1.54, 1.807) is 30.3 Å². The van der Waals surface area contributed by atoms with E-state index in [-0.39, 0.29) is 5.91 Å². The Morgan fingerprint density at radius 1 is 1.09 bits per heavy atom. The summed E-state index contributed by atoms with van der Waals surface area (Å²) in [7, 11) is 1.52. The lowest BCUT2D eigenvalue weighted by atomic mass is 9.98. The Morgan fingerprint density at radius 2 is 1.91 bits per heavy atom. The van der Waals surface area contributed by atoms with Gasteiger partial charge in [-0.2, -0.15) is 0 Å². The quantitative estimate of drug-likeness (QED) is 0.316. The highest BCUT2D eigenvalue weighted by Gasteiger charge is 2.15. The Morgan fingerprint density at radius 3 is 2.62 bits per heavy atom. The fraction of sp³-hybridized carbons (Fsp3) is 0.200. The molecule has 5 nitrogen and oxygen atoms in total. The number of hydrogen-bond acceptors (Lipinski definition) is 4. The summed E-state index contributed by atoms with van der Waals surface area (Å²) < 4.78 is 11.1. The van der Waals surface area contributed by atoms with Gasteiger partial charge >= 0.3 is 0 Å². The van der Waals surface area contributed by atoms with Crippen LogP contribution in [0.1, 0.15) is 42.1 Å². The first-order chi connectivity index (χ1) is 15.4. The number of rotatable bonds is 6. The molecule has 0 spiro atoms. The molecule has 7 heteroatoms. The first-order valence-corrected chi connectivity index (χ1v) is 11.0. The third kappa shape index (κ3) is 4.45. The molecule has 0 radical (unpaired) electrons. The number of oxazole rings is 1. The molecule has 3 aromatic carbocycles. The maximum atomic E-state index is 12.7. The molecule has 1 heterocycles. The molecule has 1 atom stereocenters. The summed E-state index contributed by atoms with van der Waals surface area (Å²) in [6.45, 7) is 4.35. The second-order valence-corrected chi connectivity index (χ2v) is 8.37. The van der Waals surface area contributed by atoms with Gasteiger partial charge < -0.3 is 14.5 Å². The van der Waals surface area contributed by atoms with Crippen LogP contribution in [0.3, 0.4) is 0 Å². The van der Waals surface area contributed by atoms with Crippen molar-refractivity contribution in [3.8, 4) is 17.2 Å². The number of aromatic nitrogens is 1. The second-order valence-electron chi connectivity index (χ2n) is 7.55. The van der Waals surface area contributed by atoms with Crippen LogP contribution in [-0.2, 0) is 0 Å². The molecule has 32 heavy (non-hydrogen) atoms. The number of nitrogens with zero attached hydrogens (tertiary/aromatic N) is 1. The van der Waals surface area contributed by atoms with Crippen molar-refractivity contribution < 1.29 is 13.9 Å². The third-order valence-electron chi connectivity index (χ3n) is 5.47. The summed E-state index contributed by atoms with van der Waals surface area (Å²) in [5.41, 5.74) is 4.27. The Kier molecular flexibility index (Phi) is 6.40. The number of anilines is 1. The number of benzene rings is 3. The zero-order chi connectivity index (χ0) is 22.8. The van der Waals surface area contributed by atoms with Gasteiger partial charge in [0.1, 0.15) is 11.3 Å². The lowest BCUT2D eigenvalue weighted by Gasteiger charge is -2.10. The molecule has 1 aromatic heterocycles. The zero-order valence-corrected chi connectivity index (χ0v) is 19.4. The minimum atomic E-state index is -0.343. The predicted octanol–water partition coefficient (Wildman–Crippen LogP) is 7.58. The molecule has 0 aliphatic carbocycles. The van der Waals surface area contributed by atoms with Gasteiger partial charge in [0.2, 0.25) is 5.89 Å². The van der Waals surface area contributed by atoms with Crippen molar-refractivity contribution in [1.82, 2.24) is 4.98 Å². The molecule has 164 valence electrons. The summed E-state index contributed by atoms with van der Waals surface area (Å²) >= 11 is 12.5. The van der Waals surface area contributed by atoms with E-state index in [4.69, 9.17) is 32.4 Å². The minimum Gasteiger partial charge on any atom is -0.495 e. The smallest absolute Gasteiger partial charge is 0.255 e. The molecule has 0 saturated carbocycles. The summed E-state index contributed by atoms with van der Waals surface area (Å²) in [6.07, 6.45) is 1.05. The van der Waals surface area contributed by atoms with E-state index < -0.39 is 0 Å². The monoisotopic (exact) mass is 468 g/mol. The Balaban J connectivity index is 1.62. The van der Waals surface area contributed by atoms with Crippen molar-refractivity contribution in [1.29, 1.82) is 0 Å². The summed E-state index contributed by atoms with van der Waals surface area (Å²) in [5, 5.41) is 3.58. The average molecular weight is 469 g/mol. The highest BCUT2D eigenvalue weighted by Crippen LogP contribution is 2.32. The number of methoxy groups -OCH3 is 1. The van der Waals surface area contributed by atoms with Crippen LogP contribution < -0.4 is 10.1 Å². The Labute approximate surface area is 196 Å². The summed E-state index contributed by atoms with van der Waals surface area (Å²) in [4.78, 5) is 17.4. The van der Waals surface area contributed by atoms with Crippen LogP contribution in [0.2, 0.25) is 10.0 Å². The summed E-state index contributed by atoms with van der Waals surface area (Å²) in [6, 6.07) is 16.1.